The van der Waals surface area contributed by atoms with Gasteiger partial charge < -0.3 is 5.11 Å². The van der Waals surface area contributed by atoms with Crippen LogP contribution in [-0.2, 0) is 17.4 Å². The number of aliphatic hydroxyl groups excluding tert-OH is 1. The summed E-state index contributed by atoms with van der Waals surface area (Å²) in [6, 6.07) is 19.7. The van der Waals surface area contributed by atoms with Gasteiger partial charge in [0, 0.05) is 5.41 Å². The Kier molecular flexibility index (Phi) is 7.78. The molecule has 0 saturated heterocycles. The lowest BCUT2D eigenvalue weighted by molar-refractivity contribution is -0.137. The van der Waals surface area contributed by atoms with E-state index in [1.54, 1.807) is 13.0 Å². The molecule has 0 aliphatic carbocycles. The van der Waals surface area contributed by atoms with Crippen molar-refractivity contribution in [3.05, 3.63) is 94.5 Å². The lowest BCUT2D eigenvalue weighted by atomic mass is 9.81. The Morgan fingerprint density at radius 3 is 2.24 bits per heavy atom. The average molecular weight is 467 g/mol. The molecular formula is C29H29F3O2. The van der Waals surface area contributed by atoms with Crippen molar-refractivity contribution < 1.29 is 23.1 Å². The van der Waals surface area contributed by atoms with Gasteiger partial charge in [0.15, 0.2) is 0 Å². The van der Waals surface area contributed by atoms with Crippen molar-refractivity contribution in [3.63, 3.8) is 0 Å². The normalized spacial score (nSPS) is 13.7. The molecule has 3 rings (SSSR count). The molecule has 5 heteroatoms. The Balaban J connectivity index is 1.95. The monoisotopic (exact) mass is 466 g/mol. The lowest BCUT2D eigenvalue weighted by Gasteiger charge is -2.24. The summed E-state index contributed by atoms with van der Waals surface area (Å²) >= 11 is 0. The Hall–Kier alpha value is -3.18. The molecule has 0 unspecified atom stereocenters. The predicted molar refractivity (Wildman–Crippen MR) is 131 cm³/mol. The first kappa shape index (κ1) is 25.4. The summed E-state index contributed by atoms with van der Waals surface area (Å²) in [5.41, 5.74) is 3.03. The summed E-state index contributed by atoms with van der Waals surface area (Å²) in [5, 5.41) is 9.60. The van der Waals surface area contributed by atoms with Crippen LogP contribution >= 0.6 is 0 Å². The third-order valence-corrected chi connectivity index (χ3v) is 6.49. The third kappa shape index (κ3) is 5.84. The molecule has 2 nitrogen and oxygen atoms in total. The van der Waals surface area contributed by atoms with Crippen molar-refractivity contribution in [3.8, 4) is 11.1 Å². The zero-order chi connectivity index (χ0) is 24.9. The van der Waals surface area contributed by atoms with E-state index in [9.17, 15) is 23.1 Å². The van der Waals surface area contributed by atoms with Crippen LogP contribution in [0.4, 0.5) is 13.2 Å². The van der Waals surface area contributed by atoms with Gasteiger partial charge in [-0.2, -0.15) is 13.2 Å². The van der Waals surface area contributed by atoms with Crippen molar-refractivity contribution in [2.45, 2.75) is 39.8 Å². The van der Waals surface area contributed by atoms with E-state index in [1.807, 2.05) is 55.5 Å². The standard InChI is InChI=1S/C29H29F3O2/c1-20-23(10-7-11-26(20)24-8-5-4-6-9-24)13-14-25-18-22(12-15-27(25)29(30,31)32)16-17-28(3,19-33)21(2)34/h4-15,18,33H,16-17,19H2,1-3H3/b14-13+/t28-/m0/s1. The van der Waals surface area contributed by atoms with Gasteiger partial charge in [0.1, 0.15) is 5.78 Å². The number of carbonyl (C=O) groups excluding carboxylic acids is 1. The number of hydrogen-bond acceptors (Lipinski definition) is 2. The molecule has 1 N–H and O–H groups in total. The number of aryl methyl sites for hydroxylation is 1. The molecular weight excluding hydrogens is 437 g/mol. The van der Waals surface area contributed by atoms with E-state index in [4.69, 9.17) is 0 Å². The van der Waals surface area contributed by atoms with Gasteiger partial charge in [0.05, 0.1) is 12.2 Å². The molecule has 3 aromatic carbocycles. The SMILES string of the molecule is CC(=O)[C@](C)(CO)CCc1ccc(C(F)(F)F)c(/C=C/c2cccc(-c3ccccc3)c2C)c1. The fourth-order valence-electron chi connectivity index (χ4n) is 3.89. The van der Waals surface area contributed by atoms with Crippen molar-refractivity contribution >= 4 is 17.9 Å². The second kappa shape index (κ2) is 10.4. The number of aliphatic hydroxyl groups is 1. The number of benzene rings is 3. The van der Waals surface area contributed by atoms with Gasteiger partial charge in [-0.15, -0.1) is 0 Å². The average Bonchev–Trinajstić information content (AvgIpc) is 2.81. The first-order chi connectivity index (χ1) is 16.0. The Labute approximate surface area is 198 Å². The minimum Gasteiger partial charge on any atom is -0.395 e. The molecule has 0 amide bonds. The molecule has 0 spiro atoms. The Bertz CT molecular complexity index is 1180. The topological polar surface area (TPSA) is 37.3 Å². The lowest BCUT2D eigenvalue weighted by Crippen LogP contribution is -2.30. The fraction of sp³-hybridized carbons (Fsp3) is 0.276. The zero-order valence-corrected chi connectivity index (χ0v) is 19.6. The first-order valence-corrected chi connectivity index (χ1v) is 11.2. The second-order valence-corrected chi connectivity index (χ2v) is 8.91. The van der Waals surface area contributed by atoms with Crippen LogP contribution in [0.5, 0.6) is 0 Å². The molecule has 34 heavy (non-hydrogen) atoms. The molecule has 0 radical (unpaired) electrons. The van der Waals surface area contributed by atoms with Crippen LogP contribution in [-0.4, -0.2) is 17.5 Å². The van der Waals surface area contributed by atoms with E-state index in [-0.39, 0.29) is 18.0 Å². The number of carbonyl (C=O) groups is 1. The molecule has 178 valence electrons. The van der Waals surface area contributed by atoms with E-state index in [0.29, 0.717) is 18.4 Å². The largest absolute Gasteiger partial charge is 0.416 e. The highest BCUT2D eigenvalue weighted by atomic mass is 19.4. The Morgan fingerprint density at radius 1 is 0.941 bits per heavy atom. The van der Waals surface area contributed by atoms with Crippen LogP contribution in [0.25, 0.3) is 23.3 Å². The van der Waals surface area contributed by atoms with Crippen LogP contribution in [0.2, 0.25) is 0 Å². The van der Waals surface area contributed by atoms with Gasteiger partial charge in [0.2, 0.25) is 0 Å². The summed E-state index contributed by atoms with van der Waals surface area (Å²) in [6.45, 7) is 4.75. The van der Waals surface area contributed by atoms with E-state index in [2.05, 4.69) is 0 Å². The van der Waals surface area contributed by atoms with E-state index in [1.165, 1.54) is 25.1 Å². The van der Waals surface area contributed by atoms with Crippen molar-refractivity contribution in [1.82, 2.24) is 0 Å². The molecule has 0 aliphatic rings. The highest BCUT2D eigenvalue weighted by molar-refractivity contribution is 5.82. The molecule has 0 bridgehead atoms. The highest BCUT2D eigenvalue weighted by Gasteiger charge is 2.33. The molecule has 0 heterocycles. The maximum atomic E-state index is 13.7. The summed E-state index contributed by atoms with van der Waals surface area (Å²) in [4.78, 5) is 11.9. The van der Waals surface area contributed by atoms with Gasteiger partial charge in [-0.3, -0.25) is 4.79 Å². The van der Waals surface area contributed by atoms with Crippen LogP contribution in [0.15, 0.2) is 66.7 Å². The fourth-order valence-corrected chi connectivity index (χ4v) is 3.89. The van der Waals surface area contributed by atoms with E-state index < -0.39 is 17.2 Å². The van der Waals surface area contributed by atoms with Gasteiger partial charge in [-0.05, 0) is 66.1 Å². The highest BCUT2D eigenvalue weighted by Crippen LogP contribution is 2.35. The van der Waals surface area contributed by atoms with Crippen molar-refractivity contribution in [2.75, 3.05) is 6.61 Å². The maximum Gasteiger partial charge on any atom is 0.416 e. The third-order valence-electron chi connectivity index (χ3n) is 6.49. The number of rotatable bonds is 8. The predicted octanol–water partition coefficient (Wildman–Crippen LogP) is 7.37. The Morgan fingerprint density at radius 2 is 1.62 bits per heavy atom. The summed E-state index contributed by atoms with van der Waals surface area (Å²) in [7, 11) is 0. The van der Waals surface area contributed by atoms with Crippen LogP contribution in [0.3, 0.4) is 0 Å². The molecule has 0 aliphatic heterocycles. The van der Waals surface area contributed by atoms with E-state index >= 15 is 0 Å². The zero-order valence-electron chi connectivity index (χ0n) is 19.6. The van der Waals surface area contributed by atoms with Crippen LogP contribution in [0, 0.1) is 12.3 Å². The maximum absolute atomic E-state index is 13.7. The van der Waals surface area contributed by atoms with Gasteiger partial charge in [-0.1, -0.05) is 79.7 Å². The van der Waals surface area contributed by atoms with Crippen LogP contribution < -0.4 is 0 Å². The molecule has 1 atom stereocenters. The summed E-state index contributed by atoms with van der Waals surface area (Å²) in [5.74, 6) is -0.143. The number of halogens is 3. The van der Waals surface area contributed by atoms with Gasteiger partial charge >= 0.3 is 6.18 Å². The number of Topliss-reactive ketones (excluding diaryl/α,β-unsaturated/α-hetero) is 1. The number of ketones is 1. The number of hydrogen-bond donors (Lipinski definition) is 1. The molecule has 3 aromatic rings. The quantitative estimate of drug-likeness (QED) is 0.352. The van der Waals surface area contributed by atoms with Crippen molar-refractivity contribution in [2.24, 2.45) is 5.41 Å². The van der Waals surface area contributed by atoms with Crippen molar-refractivity contribution in [1.29, 1.82) is 0 Å². The minimum absolute atomic E-state index is 0.0723. The molecule has 0 saturated carbocycles. The molecule has 0 fully saturated rings. The summed E-state index contributed by atoms with van der Waals surface area (Å²) < 4.78 is 41.1. The number of alkyl halides is 3. The molecule has 0 aromatic heterocycles. The second-order valence-electron chi connectivity index (χ2n) is 8.91. The van der Waals surface area contributed by atoms with Gasteiger partial charge in [-0.25, -0.2) is 0 Å². The first-order valence-electron chi connectivity index (χ1n) is 11.2. The minimum atomic E-state index is -4.49. The van der Waals surface area contributed by atoms with Gasteiger partial charge in [0.25, 0.3) is 0 Å². The summed E-state index contributed by atoms with van der Waals surface area (Å²) in [6.07, 6.45) is -0.537. The van der Waals surface area contributed by atoms with Crippen LogP contribution in [0.1, 0.15) is 48.1 Å². The smallest absolute Gasteiger partial charge is 0.395 e. The van der Waals surface area contributed by atoms with E-state index in [0.717, 1.165) is 28.3 Å².